The number of nitrogens with zero attached hydrogens (tertiary/aromatic N) is 1. The molecule has 0 aromatic carbocycles. The first-order chi connectivity index (χ1) is 5.72. The highest BCUT2D eigenvalue weighted by molar-refractivity contribution is 5.46. The molecule has 0 aromatic heterocycles. The zero-order chi connectivity index (χ0) is 9.82. The minimum absolute atomic E-state index is 0.0369. The molecule has 0 fully saturated rings. The molecule has 0 saturated heterocycles. The van der Waals surface area contributed by atoms with E-state index in [2.05, 4.69) is 4.74 Å². The maximum atomic E-state index is 9.71. The molecule has 0 aliphatic carbocycles. The molecule has 72 valence electrons. The molecule has 0 aliphatic rings. The summed E-state index contributed by atoms with van der Waals surface area (Å²) >= 11 is 0. The fourth-order valence-electron chi connectivity index (χ4n) is 0.278. The highest BCUT2D eigenvalue weighted by atomic mass is 16.5. The predicted molar refractivity (Wildman–Crippen MR) is 43.5 cm³/mol. The molecular weight excluding hydrogens is 162 g/mol. The maximum Gasteiger partial charge on any atom is 0.293 e. The van der Waals surface area contributed by atoms with Crippen LogP contribution in [-0.2, 0) is 14.3 Å². The molecule has 0 unspecified atom stereocenters. The minimum Gasteiger partial charge on any atom is -0.468 e. The van der Waals surface area contributed by atoms with Crippen LogP contribution in [0.25, 0.3) is 0 Å². The molecule has 0 atom stereocenters. The third kappa shape index (κ3) is 16.0. The first-order valence-corrected chi connectivity index (χ1v) is 3.54. The SMILES string of the molecule is CCOC=O.CN(C=O)CCO. The monoisotopic (exact) mass is 177 g/mol. The van der Waals surface area contributed by atoms with Crippen LogP contribution in [0.3, 0.4) is 0 Å². The maximum absolute atomic E-state index is 9.71. The number of aliphatic hydroxyl groups excluding tert-OH is 1. The zero-order valence-electron chi connectivity index (χ0n) is 7.40. The Morgan fingerprint density at radius 2 is 2.08 bits per heavy atom. The van der Waals surface area contributed by atoms with Gasteiger partial charge in [-0.25, -0.2) is 0 Å². The van der Waals surface area contributed by atoms with E-state index in [1.165, 1.54) is 4.90 Å². The molecule has 12 heavy (non-hydrogen) atoms. The summed E-state index contributed by atoms with van der Waals surface area (Å²) in [4.78, 5) is 20.3. The van der Waals surface area contributed by atoms with Crippen molar-refractivity contribution in [1.29, 1.82) is 0 Å². The van der Waals surface area contributed by atoms with Crippen LogP contribution in [0.5, 0.6) is 0 Å². The van der Waals surface area contributed by atoms with E-state index in [-0.39, 0.29) is 6.61 Å². The Balaban J connectivity index is 0. The third-order valence-corrected chi connectivity index (χ3v) is 0.867. The predicted octanol–water partition coefficient (Wildman–Crippen LogP) is -0.754. The molecule has 5 nitrogen and oxygen atoms in total. The molecule has 0 saturated carbocycles. The van der Waals surface area contributed by atoms with Gasteiger partial charge in [-0.05, 0) is 6.92 Å². The molecule has 0 aliphatic heterocycles. The van der Waals surface area contributed by atoms with Gasteiger partial charge in [-0.2, -0.15) is 0 Å². The highest BCUT2D eigenvalue weighted by Crippen LogP contribution is 1.68. The summed E-state index contributed by atoms with van der Waals surface area (Å²) in [6, 6.07) is 0. The number of ether oxygens (including phenoxy) is 1. The van der Waals surface area contributed by atoms with Crippen LogP contribution in [0, 0.1) is 0 Å². The summed E-state index contributed by atoms with van der Waals surface area (Å²) in [5.41, 5.74) is 0. The van der Waals surface area contributed by atoms with E-state index in [0.717, 1.165) is 0 Å². The number of aliphatic hydroxyl groups is 1. The van der Waals surface area contributed by atoms with E-state index in [1.807, 2.05) is 0 Å². The van der Waals surface area contributed by atoms with Gasteiger partial charge in [0.15, 0.2) is 0 Å². The van der Waals surface area contributed by atoms with Crippen LogP contribution in [0.1, 0.15) is 6.92 Å². The van der Waals surface area contributed by atoms with E-state index in [1.54, 1.807) is 14.0 Å². The quantitative estimate of drug-likeness (QED) is 0.561. The van der Waals surface area contributed by atoms with Gasteiger partial charge in [0.2, 0.25) is 6.41 Å². The number of likely N-dealkylation sites (N-methyl/N-ethyl adjacent to an activating group) is 1. The van der Waals surface area contributed by atoms with Crippen LogP contribution in [0.2, 0.25) is 0 Å². The fraction of sp³-hybridized carbons (Fsp3) is 0.714. The van der Waals surface area contributed by atoms with E-state index >= 15 is 0 Å². The van der Waals surface area contributed by atoms with Crippen molar-refractivity contribution in [1.82, 2.24) is 4.90 Å². The van der Waals surface area contributed by atoms with Crippen LogP contribution < -0.4 is 0 Å². The molecule has 0 aromatic rings. The Morgan fingerprint density at radius 3 is 2.17 bits per heavy atom. The lowest BCUT2D eigenvalue weighted by molar-refractivity contribution is -0.128. The van der Waals surface area contributed by atoms with Gasteiger partial charge in [-0.3, -0.25) is 9.59 Å². The minimum atomic E-state index is 0.0369. The standard InChI is InChI=1S/C4H9NO2.C3H6O2/c1-5(4-7)2-3-6;1-2-5-3-4/h4,6H,2-3H2,1H3;3H,2H2,1H3. The number of rotatable bonds is 5. The van der Waals surface area contributed by atoms with E-state index in [4.69, 9.17) is 5.11 Å². The van der Waals surface area contributed by atoms with Crippen LogP contribution in [-0.4, -0.2) is 49.7 Å². The number of hydrogen-bond acceptors (Lipinski definition) is 4. The van der Waals surface area contributed by atoms with Gasteiger partial charge in [0.05, 0.1) is 13.2 Å². The summed E-state index contributed by atoms with van der Waals surface area (Å²) in [6.07, 6.45) is 0.677. The number of carbonyl (C=O) groups is 2. The smallest absolute Gasteiger partial charge is 0.293 e. The summed E-state index contributed by atoms with van der Waals surface area (Å²) in [5, 5.41) is 8.17. The van der Waals surface area contributed by atoms with Crippen molar-refractivity contribution in [3.63, 3.8) is 0 Å². The second-order valence-electron chi connectivity index (χ2n) is 1.86. The van der Waals surface area contributed by atoms with Gasteiger partial charge < -0.3 is 14.7 Å². The summed E-state index contributed by atoms with van der Waals surface area (Å²) in [6.45, 7) is 3.12. The molecule has 0 rings (SSSR count). The van der Waals surface area contributed by atoms with Gasteiger partial charge in [0.1, 0.15) is 0 Å². The Labute approximate surface area is 71.9 Å². The third-order valence-electron chi connectivity index (χ3n) is 0.867. The molecular formula is C7H15NO4. The fourth-order valence-corrected chi connectivity index (χ4v) is 0.278. The average molecular weight is 177 g/mol. The van der Waals surface area contributed by atoms with Gasteiger partial charge in [-0.1, -0.05) is 0 Å². The average Bonchev–Trinajstić information content (AvgIpc) is 2.07. The summed E-state index contributed by atoms with van der Waals surface area (Å²) in [5.74, 6) is 0. The largest absolute Gasteiger partial charge is 0.468 e. The highest BCUT2D eigenvalue weighted by Gasteiger charge is 1.85. The van der Waals surface area contributed by atoms with E-state index < -0.39 is 0 Å². The molecule has 1 amide bonds. The molecule has 0 spiro atoms. The molecule has 5 heteroatoms. The van der Waals surface area contributed by atoms with Crippen molar-refractivity contribution in [3.8, 4) is 0 Å². The first-order valence-electron chi connectivity index (χ1n) is 3.54. The van der Waals surface area contributed by atoms with E-state index in [9.17, 15) is 9.59 Å². The molecule has 0 bridgehead atoms. The van der Waals surface area contributed by atoms with Gasteiger partial charge in [0, 0.05) is 13.6 Å². The lowest BCUT2D eigenvalue weighted by atomic mass is 10.6. The zero-order valence-corrected chi connectivity index (χ0v) is 7.40. The topological polar surface area (TPSA) is 66.8 Å². The van der Waals surface area contributed by atoms with Crippen LogP contribution in [0.15, 0.2) is 0 Å². The van der Waals surface area contributed by atoms with Crippen molar-refractivity contribution in [3.05, 3.63) is 0 Å². The van der Waals surface area contributed by atoms with Crippen LogP contribution in [0.4, 0.5) is 0 Å². The van der Waals surface area contributed by atoms with Crippen molar-refractivity contribution >= 4 is 12.9 Å². The lowest BCUT2D eigenvalue weighted by Gasteiger charge is -2.04. The molecule has 1 N–H and O–H groups in total. The lowest BCUT2D eigenvalue weighted by Crippen LogP contribution is -2.19. The Kier molecular flexibility index (Phi) is 14.1. The van der Waals surface area contributed by atoms with Crippen molar-refractivity contribution in [2.75, 3.05) is 26.8 Å². The Bertz CT molecular complexity index is 108. The van der Waals surface area contributed by atoms with Gasteiger partial charge in [0.25, 0.3) is 6.47 Å². The van der Waals surface area contributed by atoms with Gasteiger partial charge >= 0.3 is 0 Å². The number of carbonyl (C=O) groups excluding carboxylic acids is 2. The van der Waals surface area contributed by atoms with E-state index in [0.29, 0.717) is 26.0 Å². The molecule has 0 heterocycles. The van der Waals surface area contributed by atoms with Crippen LogP contribution >= 0.6 is 0 Å². The van der Waals surface area contributed by atoms with Crippen molar-refractivity contribution in [2.24, 2.45) is 0 Å². The summed E-state index contributed by atoms with van der Waals surface area (Å²) in [7, 11) is 1.61. The normalized spacial score (nSPS) is 7.58. The Hall–Kier alpha value is -1.10. The van der Waals surface area contributed by atoms with Crippen molar-refractivity contribution in [2.45, 2.75) is 6.92 Å². The second kappa shape index (κ2) is 12.6. The number of hydrogen-bond donors (Lipinski definition) is 1. The molecule has 0 radical (unpaired) electrons. The second-order valence-corrected chi connectivity index (χ2v) is 1.86. The van der Waals surface area contributed by atoms with Gasteiger partial charge in [-0.15, -0.1) is 0 Å². The number of amides is 1. The Morgan fingerprint density at radius 1 is 1.50 bits per heavy atom. The first kappa shape index (κ1) is 13.5. The summed E-state index contributed by atoms with van der Waals surface area (Å²) < 4.78 is 4.15. The van der Waals surface area contributed by atoms with Crippen molar-refractivity contribution < 1.29 is 19.4 Å².